The molecule has 1 aromatic heterocycles. The topological polar surface area (TPSA) is 8.81 Å². The van der Waals surface area contributed by atoms with Crippen LogP contribution in [0.25, 0.3) is 5.69 Å². The summed E-state index contributed by atoms with van der Waals surface area (Å²) >= 11 is 0. The van der Waals surface area contributed by atoms with Crippen molar-refractivity contribution in [1.82, 2.24) is 4.57 Å². The predicted octanol–water partition coefficient (Wildman–Crippen LogP) is 10.5. The van der Waals surface area contributed by atoms with E-state index in [1.165, 1.54) is 153 Å². The number of unbranched alkanes of at least 4 members (excludes halogenated alkanes) is 19. The highest BCUT2D eigenvalue weighted by atomic mass is 15.1. The van der Waals surface area contributed by atoms with Crippen LogP contribution in [0.5, 0.6) is 0 Å². The van der Waals surface area contributed by atoms with Crippen LogP contribution in [0.3, 0.4) is 0 Å². The number of nitrogens with zero attached hydrogens (tertiary/aromatic N) is 2. The summed E-state index contributed by atoms with van der Waals surface area (Å²) in [7, 11) is 0. The summed E-state index contributed by atoms with van der Waals surface area (Å²) in [6.45, 7) is 5.76. The third-order valence-electron chi connectivity index (χ3n) is 7.80. The van der Waals surface area contributed by atoms with Crippen LogP contribution in [0.1, 0.15) is 155 Å². The van der Waals surface area contributed by atoms with Crippen LogP contribution in [0.4, 0.5) is 0 Å². The van der Waals surface area contributed by atoms with E-state index in [1.54, 1.807) is 0 Å². The van der Waals surface area contributed by atoms with E-state index in [0.717, 1.165) is 6.54 Å². The zero-order valence-electron chi connectivity index (χ0n) is 24.2. The molecule has 1 aromatic carbocycles. The lowest BCUT2D eigenvalue weighted by atomic mass is 10.0. The minimum absolute atomic E-state index is 1.16. The summed E-state index contributed by atoms with van der Waals surface area (Å²) in [6, 6.07) is 10.9. The lowest BCUT2D eigenvalue weighted by Gasteiger charge is -2.06. The minimum Gasteiger partial charge on any atom is -0.234 e. The molecule has 0 aliphatic carbocycles. The lowest BCUT2D eigenvalue weighted by Crippen LogP contribution is -2.37. The number of hydrogen-bond donors (Lipinski definition) is 0. The molecule has 0 amide bonds. The molecule has 204 valence electrons. The van der Waals surface area contributed by atoms with Crippen LogP contribution in [0.2, 0.25) is 0 Å². The number of aromatic nitrogens is 2. The van der Waals surface area contributed by atoms with Crippen molar-refractivity contribution in [2.75, 3.05) is 0 Å². The summed E-state index contributed by atoms with van der Waals surface area (Å²) in [5.41, 5.74) is 1.30. The maximum atomic E-state index is 2.53. The Morgan fingerprint density at radius 3 is 1.47 bits per heavy atom. The zero-order valence-corrected chi connectivity index (χ0v) is 24.2. The van der Waals surface area contributed by atoms with Crippen molar-refractivity contribution in [3.63, 3.8) is 0 Å². The van der Waals surface area contributed by atoms with E-state index in [2.05, 4.69) is 65.7 Å². The Kier molecular flexibility index (Phi) is 18.3. The molecule has 2 aromatic rings. The van der Waals surface area contributed by atoms with E-state index in [0.29, 0.717) is 0 Å². The van der Waals surface area contributed by atoms with Crippen LogP contribution < -0.4 is 4.57 Å². The molecule has 0 unspecified atom stereocenters. The first-order chi connectivity index (χ1) is 17.9. The molecule has 1 heterocycles. The van der Waals surface area contributed by atoms with Crippen LogP contribution in [0.15, 0.2) is 42.7 Å². The Morgan fingerprint density at radius 1 is 0.528 bits per heavy atom. The van der Waals surface area contributed by atoms with Gasteiger partial charge in [0, 0.05) is 6.42 Å². The highest BCUT2D eigenvalue weighted by Gasteiger charge is 2.18. The quantitative estimate of drug-likeness (QED) is 0.101. The summed E-state index contributed by atoms with van der Waals surface area (Å²) in [5.74, 6) is 1.49. The standard InChI is InChI=1S/C34H59N2/c1-3-5-7-9-10-11-12-13-14-15-16-17-18-19-20-25-29-34-35(30-26-21-8-6-4-2)31-32-36(34)33-27-23-22-24-28-33/h22-24,27-28,31-32H,3-21,25-26,29-30H2,1-2H3/q+1. The van der Waals surface area contributed by atoms with Gasteiger partial charge in [-0.25, -0.2) is 4.57 Å². The highest BCUT2D eigenvalue weighted by Crippen LogP contribution is 2.16. The third kappa shape index (κ3) is 13.7. The molecule has 0 radical (unpaired) electrons. The fraction of sp³-hybridized carbons (Fsp3) is 0.735. The Hall–Kier alpha value is -1.57. The molecule has 0 aliphatic heterocycles. The molecule has 0 bridgehead atoms. The van der Waals surface area contributed by atoms with Crippen LogP contribution >= 0.6 is 0 Å². The number of hydrogen-bond acceptors (Lipinski definition) is 0. The maximum Gasteiger partial charge on any atom is 0.261 e. The summed E-state index contributed by atoms with van der Waals surface area (Å²) in [5, 5.41) is 0. The first kappa shape index (κ1) is 30.7. The van der Waals surface area contributed by atoms with Gasteiger partial charge < -0.3 is 0 Å². The molecule has 0 fully saturated rings. The monoisotopic (exact) mass is 495 g/mol. The predicted molar refractivity (Wildman–Crippen MR) is 158 cm³/mol. The van der Waals surface area contributed by atoms with Gasteiger partial charge >= 0.3 is 0 Å². The molecule has 0 atom stereocenters. The van der Waals surface area contributed by atoms with Gasteiger partial charge in [0.15, 0.2) is 0 Å². The van der Waals surface area contributed by atoms with E-state index in [9.17, 15) is 0 Å². The SMILES string of the molecule is CCCCCCCCCCCCCCCCCCc1n(-c2ccccc2)cc[n+]1CCCCCCC. The molecule has 0 saturated carbocycles. The number of para-hydroxylation sites is 1. The number of aryl methyl sites for hydroxylation is 1. The summed E-state index contributed by atoms with van der Waals surface area (Å²) < 4.78 is 4.96. The lowest BCUT2D eigenvalue weighted by molar-refractivity contribution is -0.704. The molecule has 0 spiro atoms. The van der Waals surface area contributed by atoms with Gasteiger partial charge in [-0.15, -0.1) is 0 Å². The fourth-order valence-corrected chi connectivity index (χ4v) is 5.47. The van der Waals surface area contributed by atoms with Crippen molar-refractivity contribution in [1.29, 1.82) is 0 Å². The van der Waals surface area contributed by atoms with E-state index in [4.69, 9.17) is 0 Å². The normalized spacial score (nSPS) is 11.4. The Morgan fingerprint density at radius 2 is 0.972 bits per heavy atom. The van der Waals surface area contributed by atoms with Gasteiger partial charge in [0.1, 0.15) is 18.1 Å². The molecule has 0 N–H and O–H groups in total. The average Bonchev–Trinajstić information content (AvgIpc) is 3.31. The Labute approximate surface area is 224 Å². The molecule has 36 heavy (non-hydrogen) atoms. The number of rotatable bonds is 24. The van der Waals surface area contributed by atoms with Crippen molar-refractivity contribution in [3.8, 4) is 5.69 Å². The highest BCUT2D eigenvalue weighted by molar-refractivity contribution is 5.31. The molecule has 0 saturated heterocycles. The van der Waals surface area contributed by atoms with E-state index < -0.39 is 0 Å². The van der Waals surface area contributed by atoms with Crippen LogP contribution in [-0.4, -0.2) is 4.57 Å². The van der Waals surface area contributed by atoms with E-state index in [-0.39, 0.29) is 0 Å². The molecular formula is C34H59N2+. The van der Waals surface area contributed by atoms with Gasteiger partial charge in [-0.3, -0.25) is 0 Å². The van der Waals surface area contributed by atoms with Crippen molar-refractivity contribution in [2.24, 2.45) is 0 Å². The van der Waals surface area contributed by atoms with Crippen LogP contribution in [-0.2, 0) is 13.0 Å². The van der Waals surface area contributed by atoms with E-state index in [1.807, 2.05) is 0 Å². The van der Waals surface area contributed by atoms with Crippen molar-refractivity contribution < 1.29 is 4.57 Å². The van der Waals surface area contributed by atoms with Crippen molar-refractivity contribution >= 4 is 0 Å². The fourth-order valence-electron chi connectivity index (χ4n) is 5.47. The van der Waals surface area contributed by atoms with Gasteiger partial charge in [-0.1, -0.05) is 148 Å². The van der Waals surface area contributed by atoms with Gasteiger partial charge in [-0.2, -0.15) is 4.57 Å². The van der Waals surface area contributed by atoms with Crippen molar-refractivity contribution in [3.05, 3.63) is 48.5 Å². The summed E-state index contributed by atoms with van der Waals surface area (Å²) in [6.07, 6.45) is 35.4. The minimum atomic E-state index is 1.16. The molecule has 2 rings (SSSR count). The number of benzene rings is 1. The van der Waals surface area contributed by atoms with Gasteiger partial charge in [0.2, 0.25) is 0 Å². The summed E-state index contributed by atoms with van der Waals surface area (Å²) in [4.78, 5) is 0. The zero-order chi connectivity index (χ0) is 25.5. The maximum absolute atomic E-state index is 2.53. The van der Waals surface area contributed by atoms with E-state index >= 15 is 0 Å². The molecule has 2 heteroatoms. The van der Waals surface area contributed by atoms with Gasteiger partial charge in [-0.05, 0) is 31.4 Å². The first-order valence-electron chi connectivity index (χ1n) is 16.0. The molecule has 2 nitrogen and oxygen atoms in total. The second-order valence-electron chi connectivity index (χ2n) is 11.1. The smallest absolute Gasteiger partial charge is 0.234 e. The molecule has 0 aliphatic rings. The Bertz CT molecular complexity index is 733. The number of imidazole rings is 1. The average molecular weight is 496 g/mol. The third-order valence-corrected chi connectivity index (χ3v) is 7.80. The first-order valence-corrected chi connectivity index (χ1v) is 16.0. The second kappa shape index (κ2) is 21.5. The van der Waals surface area contributed by atoms with Crippen LogP contribution in [0, 0.1) is 0 Å². The largest absolute Gasteiger partial charge is 0.261 e. The second-order valence-corrected chi connectivity index (χ2v) is 11.1. The van der Waals surface area contributed by atoms with Gasteiger partial charge in [0.25, 0.3) is 5.82 Å². The van der Waals surface area contributed by atoms with Gasteiger partial charge in [0.05, 0.1) is 6.54 Å². The Balaban J connectivity index is 1.58. The van der Waals surface area contributed by atoms with Crippen molar-refractivity contribution in [2.45, 2.75) is 162 Å². The molecular weight excluding hydrogens is 436 g/mol.